The third kappa shape index (κ3) is 1.62. The van der Waals surface area contributed by atoms with E-state index in [1.54, 1.807) is 11.3 Å². The zero-order chi connectivity index (χ0) is 14.7. The van der Waals surface area contributed by atoms with Gasteiger partial charge in [0.05, 0.1) is 10.9 Å². The van der Waals surface area contributed by atoms with Crippen LogP contribution in [0.15, 0.2) is 41.3 Å². The van der Waals surface area contributed by atoms with Gasteiger partial charge in [-0.3, -0.25) is 4.79 Å². The molecular formula is C18H18N2OS. The van der Waals surface area contributed by atoms with Crippen molar-refractivity contribution in [3.05, 3.63) is 46.9 Å². The highest BCUT2D eigenvalue weighted by Gasteiger charge is 2.41. The van der Waals surface area contributed by atoms with Crippen LogP contribution in [0, 0.1) is 0 Å². The third-order valence-corrected chi connectivity index (χ3v) is 6.76. The molecule has 0 aliphatic carbocycles. The Hall–Kier alpha value is -1.65. The van der Waals surface area contributed by atoms with Crippen molar-refractivity contribution in [2.24, 2.45) is 0 Å². The molecule has 0 amide bonds. The number of hydrogen-bond donors (Lipinski definition) is 0. The Bertz CT molecular complexity index is 917. The van der Waals surface area contributed by atoms with Gasteiger partial charge in [0.15, 0.2) is 0 Å². The molecule has 3 fully saturated rings. The van der Waals surface area contributed by atoms with E-state index in [0.29, 0.717) is 0 Å². The second-order valence-electron chi connectivity index (χ2n) is 6.64. The first kappa shape index (κ1) is 12.9. The minimum atomic E-state index is 0.0586. The fraction of sp³-hybridized carbons (Fsp3) is 0.389. The molecule has 4 heteroatoms. The summed E-state index contributed by atoms with van der Waals surface area (Å²) >= 11 is 1.73. The van der Waals surface area contributed by atoms with Crippen molar-refractivity contribution in [1.82, 2.24) is 9.47 Å². The SMILES string of the molecule is O=c1c2c(ccn1C13CCN(CC1)CC3)sc1ccccc12. The van der Waals surface area contributed by atoms with Gasteiger partial charge in [-0.2, -0.15) is 0 Å². The van der Waals surface area contributed by atoms with Crippen molar-refractivity contribution < 1.29 is 0 Å². The van der Waals surface area contributed by atoms with E-state index in [2.05, 4.69) is 33.9 Å². The first-order valence-electron chi connectivity index (χ1n) is 8.03. The molecule has 112 valence electrons. The van der Waals surface area contributed by atoms with E-state index in [9.17, 15) is 4.79 Å². The molecule has 2 aromatic heterocycles. The maximum Gasteiger partial charge on any atom is 0.260 e. The van der Waals surface area contributed by atoms with Crippen molar-refractivity contribution in [2.45, 2.75) is 24.8 Å². The molecule has 0 spiro atoms. The molecule has 3 aliphatic rings. The number of rotatable bonds is 1. The van der Waals surface area contributed by atoms with Gasteiger partial charge in [0.25, 0.3) is 5.56 Å². The Morgan fingerprint density at radius 2 is 1.68 bits per heavy atom. The molecule has 0 radical (unpaired) electrons. The minimum Gasteiger partial charge on any atom is -0.309 e. The Morgan fingerprint density at radius 3 is 2.45 bits per heavy atom. The monoisotopic (exact) mass is 310 g/mol. The Labute approximate surface area is 132 Å². The van der Waals surface area contributed by atoms with Crippen LogP contribution >= 0.6 is 11.3 Å². The number of nitrogens with zero attached hydrogens (tertiary/aromatic N) is 2. The summed E-state index contributed by atoms with van der Waals surface area (Å²) in [6.07, 6.45) is 5.39. The summed E-state index contributed by atoms with van der Waals surface area (Å²) in [5.74, 6) is 0. The quantitative estimate of drug-likeness (QED) is 0.688. The van der Waals surface area contributed by atoms with E-state index in [1.807, 2.05) is 12.1 Å². The number of piperidine rings is 3. The number of pyridine rings is 1. The van der Waals surface area contributed by atoms with E-state index < -0.39 is 0 Å². The summed E-state index contributed by atoms with van der Waals surface area (Å²) in [5.41, 5.74) is 0.272. The molecule has 2 bridgehead atoms. The molecule has 6 rings (SSSR count). The van der Waals surface area contributed by atoms with E-state index in [4.69, 9.17) is 0 Å². The van der Waals surface area contributed by atoms with Gasteiger partial charge >= 0.3 is 0 Å². The predicted molar refractivity (Wildman–Crippen MR) is 91.9 cm³/mol. The van der Waals surface area contributed by atoms with Crippen LogP contribution in [0.3, 0.4) is 0 Å². The van der Waals surface area contributed by atoms with Gasteiger partial charge in [0.1, 0.15) is 0 Å². The van der Waals surface area contributed by atoms with Gasteiger partial charge in [-0.25, -0.2) is 0 Å². The van der Waals surface area contributed by atoms with Crippen molar-refractivity contribution >= 4 is 31.5 Å². The normalized spacial score (nSPS) is 27.7. The highest BCUT2D eigenvalue weighted by atomic mass is 32.1. The second kappa shape index (κ2) is 4.43. The molecule has 22 heavy (non-hydrogen) atoms. The van der Waals surface area contributed by atoms with Gasteiger partial charge in [-0.1, -0.05) is 18.2 Å². The molecule has 0 unspecified atom stereocenters. The second-order valence-corrected chi connectivity index (χ2v) is 7.73. The van der Waals surface area contributed by atoms with Crippen LogP contribution in [-0.4, -0.2) is 29.1 Å². The van der Waals surface area contributed by atoms with Gasteiger partial charge in [-0.05, 0) is 31.4 Å². The standard InChI is InChI=1S/C18H18N2OS/c21-17-16-13-3-1-2-4-14(13)22-15(16)5-9-20(17)18-6-10-19(11-7-18)12-8-18/h1-5,9H,6-8,10-12H2. The lowest BCUT2D eigenvalue weighted by Gasteiger charge is -2.49. The molecule has 0 saturated carbocycles. The average molecular weight is 310 g/mol. The molecular weight excluding hydrogens is 292 g/mol. The molecule has 3 aliphatic heterocycles. The lowest BCUT2D eigenvalue weighted by molar-refractivity contribution is 0.0330. The summed E-state index contributed by atoms with van der Waals surface area (Å²) in [4.78, 5) is 15.8. The number of benzene rings is 1. The van der Waals surface area contributed by atoms with Gasteiger partial charge < -0.3 is 9.47 Å². The number of aromatic nitrogens is 1. The summed E-state index contributed by atoms with van der Waals surface area (Å²) < 4.78 is 4.40. The minimum absolute atomic E-state index is 0.0586. The van der Waals surface area contributed by atoms with Gasteiger partial charge in [0, 0.05) is 40.6 Å². The van der Waals surface area contributed by atoms with Crippen molar-refractivity contribution in [1.29, 1.82) is 0 Å². The fourth-order valence-electron chi connectivity index (χ4n) is 4.28. The molecule has 5 heterocycles. The van der Waals surface area contributed by atoms with Crippen LogP contribution < -0.4 is 5.56 Å². The topological polar surface area (TPSA) is 25.2 Å². The van der Waals surface area contributed by atoms with Crippen LogP contribution in [0.2, 0.25) is 0 Å². The summed E-state index contributed by atoms with van der Waals surface area (Å²) in [5, 5.41) is 2.04. The first-order valence-corrected chi connectivity index (χ1v) is 8.84. The van der Waals surface area contributed by atoms with E-state index >= 15 is 0 Å². The van der Waals surface area contributed by atoms with Crippen LogP contribution in [0.25, 0.3) is 20.2 Å². The summed E-state index contributed by atoms with van der Waals surface area (Å²) in [7, 11) is 0. The van der Waals surface area contributed by atoms with Crippen molar-refractivity contribution in [3.63, 3.8) is 0 Å². The summed E-state index contributed by atoms with van der Waals surface area (Å²) in [6.45, 7) is 3.40. The molecule has 3 aromatic rings. The predicted octanol–water partition coefficient (Wildman–Crippen LogP) is 3.41. The zero-order valence-corrected chi connectivity index (χ0v) is 13.2. The summed E-state index contributed by atoms with van der Waals surface area (Å²) in [6, 6.07) is 10.4. The first-order chi connectivity index (χ1) is 10.8. The maximum absolute atomic E-state index is 13.2. The number of thiophene rings is 1. The molecule has 0 N–H and O–H groups in total. The van der Waals surface area contributed by atoms with Crippen LogP contribution in [0.5, 0.6) is 0 Å². The molecule has 3 saturated heterocycles. The Morgan fingerprint density at radius 1 is 0.955 bits per heavy atom. The lowest BCUT2D eigenvalue weighted by atomic mass is 9.79. The Balaban J connectivity index is 1.80. The fourth-order valence-corrected chi connectivity index (χ4v) is 5.37. The Kier molecular flexibility index (Phi) is 2.59. The van der Waals surface area contributed by atoms with Gasteiger partial charge in [-0.15, -0.1) is 11.3 Å². The van der Waals surface area contributed by atoms with Crippen LogP contribution in [-0.2, 0) is 5.54 Å². The lowest BCUT2D eigenvalue weighted by Crippen LogP contribution is -2.55. The molecule has 0 atom stereocenters. The molecule has 1 aromatic carbocycles. The number of fused-ring (bicyclic) bond motifs is 6. The highest BCUT2D eigenvalue weighted by Crippen LogP contribution is 2.39. The van der Waals surface area contributed by atoms with Crippen LogP contribution in [0.1, 0.15) is 19.3 Å². The van der Waals surface area contributed by atoms with E-state index in [0.717, 1.165) is 54.4 Å². The number of hydrogen-bond acceptors (Lipinski definition) is 3. The smallest absolute Gasteiger partial charge is 0.260 e. The highest BCUT2D eigenvalue weighted by molar-refractivity contribution is 7.25. The molecule has 3 nitrogen and oxygen atoms in total. The van der Waals surface area contributed by atoms with E-state index in [-0.39, 0.29) is 11.1 Å². The van der Waals surface area contributed by atoms with E-state index in [1.165, 1.54) is 4.70 Å². The van der Waals surface area contributed by atoms with Crippen LogP contribution in [0.4, 0.5) is 0 Å². The largest absolute Gasteiger partial charge is 0.309 e. The maximum atomic E-state index is 13.2. The van der Waals surface area contributed by atoms with Crippen molar-refractivity contribution in [2.75, 3.05) is 19.6 Å². The zero-order valence-electron chi connectivity index (χ0n) is 12.4. The average Bonchev–Trinajstić information content (AvgIpc) is 2.96. The van der Waals surface area contributed by atoms with Crippen molar-refractivity contribution in [3.8, 4) is 0 Å². The van der Waals surface area contributed by atoms with Gasteiger partial charge in [0.2, 0.25) is 0 Å². The third-order valence-electron chi connectivity index (χ3n) is 5.62.